The molecule has 0 amide bonds. The van der Waals surface area contributed by atoms with Crippen molar-refractivity contribution in [3.8, 4) is 10.6 Å². The Labute approximate surface area is 128 Å². The molecule has 1 saturated heterocycles. The molecular weight excluding hydrogens is 278 g/mol. The van der Waals surface area contributed by atoms with Crippen LogP contribution < -0.4 is 0 Å². The molecule has 0 N–H and O–H groups in total. The largest absolute Gasteiger partial charge is 0.299 e. The molecule has 2 aromatic heterocycles. The summed E-state index contributed by atoms with van der Waals surface area (Å²) in [5.74, 6) is 0. The van der Waals surface area contributed by atoms with Crippen LogP contribution >= 0.6 is 11.3 Å². The third-order valence-corrected chi connectivity index (χ3v) is 4.96. The molecule has 0 saturated carbocycles. The lowest BCUT2D eigenvalue weighted by Crippen LogP contribution is -2.18. The van der Waals surface area contributed by atoms with E-state index in [4.69, 9.17) is 4.98 Å². The van der Waals surface area contributed by atoms with E-state index < -0.39 is 0 Å². The van der Waals surface area contributed by atoms with Gasteiger partial charge in [0.25, 0.3) is 0 Å². The van der Waals surface area contributed by atoms with Crippen molar-refractivity contribution in [2.45, 2.75) is 19.4 Å². The summed E-state index contributed by atoms with van der Waals surface area (Å²) in [6.07, 6.45) is 4.66. The maximum absolute atomic E-state index is 4.76. The second-order valence-corrected chi connectivity index (χ2v) is 6.51. The van der Waals surface area contributed by atoms with Crippen molar-refractivity contribution in [1.82, 2.24) is 14.9 Å². The van der Waals surface area contributed by atoms with Gasteiger partial charge in [-0.05, 0) is 37.6 Å². The molecule has 0 radical (unpaired) electrons. The summed E-state index contributed by atoms with van der Waals surface area (Å²) < 4.78 is 0. The van der Waals surface area contributed by atoms with Crippen LogP contribution in [0.5, 0.6) is 0 Å². The highest BCUT2D eigenvalue weighted by molar-refractivity contribution is 7.21. The molecule has 1 aromatic carbocycles. The molecule has 0 aliphatic carbocycles. The lowest BCUT2D eigenvalue weighted by molar-refractivity contribution is 0.331. The van der Waals surface area contributed by atoms with Crippen LogP contribution in [0.25, 0.3) is 20.9 Å². The molecule has 1 aliphatic heterocycles. The van der Waals surface area contributed by atoms with E-state index in [9.17, 15) is 0 Å². The Balaban J connectivity index is 1.65. The Bertz CT molecular complexity index is 745. The Kier molecular flexibility index (Phi) is 3.41. The highest BCUT2D eigenvalue weighted by Gasteiger charge is 2.13. The van der Waals surface area contributed by atoms with E-state index in [2.05, 4.69) is 28.1 Å². The average Bonchev–Trinajstić information content (AvgIpc) is 3.17. The van der Waals surface area contributed by atoms with Crippen molar-refractivity contribution >= 4 is 21.7 Å². The van der Waals surface area contributed by atoms with E-state index in [1.807, 2.05) is 24.4 Å². The summed E-state index contributed by atoms with van der Waals surface area (Å²) in [5.41, 5.74) is 3.46. The third kappa shape index (κ3) is 2.69. The van der Waals surface area contributed by atoms with Crippen molar-refractivity contribution in [3.63, 3.8) is 0 Å². The fraction of sp³-hybridized carbons (Fsp3) is 0.294. The number of thiazole rings is 1. The number of aromatic nitrogens is 2. The first-order valence-electron chi connectivity index (χ1n) is 7.42. The quantitative estimate of drug-likeness (QED) is 0.732. The van der Waals surface area contributed by atoms with Gasteiger partial charge in [0.1, 0.15) is 15.4 Å². The van der Waals surface area contributed by atoms with Crippen LogP contribution in [-0.2, 0) is 6.54 Å². The Morgan fingerprint density at radius 3 is 2.71 bits per heavy atom. The number of likely N-dealkylation sites (tertiary alicyclic amines) is 1. The number of rotatable bonds is 3. The molecule has 21 heavy (non-hydrogen) atoms. The van der Waals surface area contributed by atoms with Gasteiger partial charge in [0.2, 0.25) is 0 Å². The number of pyridine rings is 1. The van der Waals surface area contributed by atoms with Crippen LogP contribution in [0, 0.1) is 0 Å². The van der Waals surface area contributed by atoms with Crippen molar-refractivity contribution in [3.05, 3.63) is 48.2 Å². The van der Waals surface area contributed by atoms with Crippen molar-refractivity contribution in [2.75, 3.05) is 13.1 Å². The van der Waals surface area contributed by atoms with Gasteiger partial charge in [0.15, 0.2) is 0 Å². The van der Waals surface area contributed by atoms with Crippen molar-refractivity contribution in [1.29, 1.82) is 0 Å². The van der Waals surface area contributed by atoms with Gasteiger partial charge >= 0.3 is 0 Å². The molecule has 1 aliphatic rings. The molecule has 0 unspecified atom stereocenters. The molecule has 0 spiro atoms. The second-order valence-electron chi connectivity index (χ2n) is 5.54. The van der Waals surface area contributed by atoms with Crippen LogP contribution in [0.4, 0.5) is 0 Å². The van der Waals surface area contributed by atoms with Gasteiger partial charge in [-0.25, -0.2) is 9.97 Å². The summed E-state index contributed by atoms with van der Waals surface area (Å²) >= 11 is 1.67. The highest BCUT2D eigenvalue weighted by atomic mass is 32.1. The zero-order valence-corrected chi connectivity index (χ0v) is 12.6. The summed E-state index contributed by atoms with van der Waals surface area (Å²) in [5, 5.41) is 1.05. The predicted molar refractivity (Wildman–Crippen MR) is 87.4 cm³/mol. The van der Waals surface area contributed by atoms with Crippen LogP contribution in [0.1, 0.15) is 18.4 Å². The molecule has 106 valence electrons. The third-order valence-electron chi connectivity index (χ3n) is 3.93. The van der Waals surface area contributed by atoms with Crippen LogP contribution in [-0.4, -0.2) is 28.0 Å². The van der Waals surface area contributed by atoms with E-state index in [1.54, 1.807) is 11.3 Å². The topological polar surface area (TPSA) is 29.0 Å². The fourth-order valence-electron chi connectivity index (χ4n) is 2.85. The molecule has 4 heteroatoms. The Hall–Kier alpha value is -1.78. The van der Waals surface area contributed by atoms with E-state index in [1.165, 1.54) is 37.1 Å². The van der Waals surface area contributed by atoms with Crippen LogP contribution in [0.3, 0.4) is 0 Å². The predicted octanol–water partition coefficient (Wildman–Crippen LogP) is 3.95. The van der Waals surface area contributed by atoms with Gasteiger partial charge < -0.3 is 0 Å². The zero-order chi connectivity index (χ0) is 14.1. The molecule has 3 aromatic rings. The number of nitrogens with zero attached hydrogens (tertiary/aromatic N) is 3. The van der Waals surface area contributed by atoms with E-state index in [0.29, 0.717) is 0 Å². The monoisotopic (exact) mass is 295 g/mol. The van der Waals surface area contributed by atoms with E-state index in [-0.39, 0.29) is 0 Å². The Morgan fingerprint density at radius 2 is 1.90 bits per heavy atom. The Morgan fingerprint density at radius 1 is 1.10 bits per heavy atom. The number of hydrogen-bond donors (Lipinski definition) is 0. The highest BCUT2D eigenvalue weighted by Crippen LogP contribution is 2.29. The minimum absolute atomic E-state index is 1.00. The van der Waals surface area contributed by atoms with Gasteiger partial charge in [0, 0.05) is 18.3 Å². The van der Waals surface area contributed by atoms with Gasteiger partial charge in [-0.15, -0.1) is 0 Å². The number of fused-ring (bicyclic) bond motifs is 1. The number of hydrogen-bond acceptors (Lipinski definition) is 4. The van der Waals surface area contributed by atoms with Crippen molar-refractivity contribution in [2.24, 2.45) is 0 Å². The van der Waals surface area contributed by atoms with E-state index >= 15 is 0 Å². The fourth-order valence-corrected chi connectivity index (χ4v) is 3.75. The molecule has 4 rings (SSSR count). The van der Waals surface area contributed by atoms with Crippen molar-refractivity contribution < 1.29 is 0 Å². The van der Waals surface area contributed by atoms with Gasteiger partial charge in [0.05, 0.1) is 0 Å². The lowest BCUT2D eigenvalue weighted by atomic mass is 10.2. The minimum atomic E-state index is 1.00. The first-order chi connectivity index (χ1) is 10.4. The molecule has 3 heterocycles. The molecule has 0 bridgehead atoms. The van der Waals surface area contributed by atoms with Crippen LogP contribution in [0.15, 0.2) is 42.6 Å². The standard InChI is InChI=1S/C17H17N3S/c1-2-6-14(7-3-1)16-19-15-10-13(11-18-17(15)21-16)12-20-8-4-5-9-20/h1-3,6-7,10-11H,4-5,8-9,12H2. The van der Waals surface area contributed by atoms with E-state index in [0.717, 1.165) is 21.9 Å². The second kappa shape index (κ2) is 5.54. The normalized spacial score (nSPS) is 15.8. The summed E-state index contributed by atoms with van der Waals surface area (Å²) in [6, 6.07) is 12.5. The zero-order valence-electron chi connectivity index (χ0n) is 11.8. The maximum Gasteiger partial charge on any atom is 0.143 e. The summed E-state index contributed by atoms with van der Waals surface area (Å²) in [7, 11) is 0. The summed E-state index contributed by atoms with van der Waals surface area (Å²) in [4.78, 5) is 12.9. The molecular formula is C17H17N3S. The van der Waals surface area contributed by atoms with Gasteiger partial charge in [-0.3, -0.25) is 4.90 Å². The first kappa shape index (κ1) is 12.9. The molecule has 0 atom stereocenters. The summed E-state index contributed by atoms with van der Waals surface area (Å²) in [6.45, 7) is 3.43. The molecule has 1 fully saturated rings. The van der Waals surface area contributed by atoms with Crippen LogP contribution in [0.2, 0.25) is 0 Å². The lowest BCUT2D eigenvalue weighted by Gasteiger charge is -2.13. The SMILES string of the molecule is c1ccc(-c2nc3cc(CN4CCCC4)cnc3s2)cc1. The average molecular weight is 295 g/mol. The number of benzene rings is 1. The smallest absolute Gasteiger partial charge is 0.143 e. The van der Waals surface area contributed by atoms with Gasteiger partial charge in [-0.1, -0.05) is 41.7 Å². The maximum atomic E-state index is 4.76. The van der Waals surface area contributed by atoms with Gasteiger partial charge in [-0.2, -0.15) is 0 Å². The first-order valence-corrected chi connectivity index (χ1v) is 8.23. The molecule has 3 nitrogen and oxygen atoms in total. The minimum Gasteiger partial charge on any atom is -0.299 e.